The van der Waals surface area contributed by atoms with Gasteiger partial charge in [0.1, 0.15) is 18.3 Å². The number of aryl methyl sites for hydroxylation is 1. The lowest BCUT2D eigenvalue weighted by Crippen LogP contribution is -2.55. The molecule has 0 unspecified atom stereocenters. The van der Waals surface area contributed by atoms with Gasteiger partial charge < -0.3 is 15.0 Å². The van der Waals surface area contributed by atoms with Crippen LogP contribution in [0, 0.1) is 6.92 Å². The minimum atomic E-state index is -4.29. The van der Waals surface area contributed by atoms with Crippen LogP contribution in [0.1, 0.15) is 55.7 Å². The number of nitrogens with one attached hydrogen (secondary N) is 1. The van der Waals surface area contributed by atoms with E-state index in [1.807, 2.05) is 37.3 Å². The highest BCUT2D eigenvalue weighted by atomic mass is 35.5. The molecule has 0 saturated heterocycles. The molecule has 2 amide bonds. The van der Waals surface area contributed by atoms with E-state index in [-0.39, 0.29) is 42.1 Å². The van der Waals surface area contributed by atoms with Gasteiger partial charge in [-0.2, -0.15) is 0 Å². The van der Waals surface area contributed by atoms with Gasteiger partial charge in [0.15, 0.2) is 0 Å². The average molecular weight is 737 g/mol. The second kappa shape index (κ2) is 17.2. The zero-order valence-corrected chi connectivity index (χ0v) is 30.7. The third-order valence-electron chi connectivity index (χ3n) is 8.88. The van der Waals surface area contributed by atoms with E-state index in [2.05, 4.69) is 5.32 Å². The molecule has 11 heteroatoms. The van der Waals surface area contributed by atoms with Crippen LogP contribution < -0.4 is 14.4 Å². The van der Waals surface area contributed by atoms with E-state index in [0.29, 0.717) is 21.4 Å². The number of carbonyl (C=O) groups is 2. The standard InChI is InChI=1S/C39H43Cl2N3O5S/c1-3-49-37-17-11-10-16-35(37)44(50(47,48)32-21-18-28(2)19-22-32)27-38(45)43(26-30-20-23-33(40)34(41)24-30)36(25-29-12-6-4-7-13-29)39(46)42-31-14-8-5-9-15-31/h4,6-7,10-13,16-24,31,36H,3,5,8-9,14-15,25-27H2,1-2H3,(H,42,46)/t36-/m1/s1. The maximum atomic E-state index is 14.9. The number of hydrogen-bond acceptors (Lipinski definition) is 5. The van der Waals surface area contributed by atoms with Gasteiger partial charge in [0, 0.05) is 19.0 Å². The first kappa shape index (κ1) is 37.2. The van der Waals surface area contributed by atoms with Gasteiger partial charge in [0.05, 0.1) is 27.2 Å². The van der Waals surface area contributed by atoms with Crippen LogP contribution in [0.25, 0.3) is 0 Å². The number of halogens is 2. The lowest BCUT2D eigenvalue weighted by molar-refractivity contribution is -0.140. The molecule has 264 valence electrons. The summed E-state index contributed by atoms with van der Waals surface area (Å²) in [5, 5.41) is 3.88. The first-order valence-corrected chi connectivity index (χ1v) is 19.2. The molecule has 8 nitrogen and oxygen atoms in total. The Bertz CT molecular complexity index is 1870. The fourth-order valence-corrected chi connectivity index (χ4v) is 7.97. The van der Waals surface area contributed by atoms with Gasteiger partial charge in [-0.25, -0.2) is 8.42 Å². The Hall–Kier alpha value is -4.05. The Labute approximate surface area is 305 Å². The molecule has 4 aromatic rings. The van der Waals surface area contributed by atoms with Crippen LogP contribution in [0.15, 0.2) is 102 Å². The second-order valence-electron chi connectivity index (χ2n) is 12.5. The maximum Gasteiger partial charge on any atom is 0.264 e. The largest absolute Gasteiger partial charge is 0.492 e. The highest BCUT2D eigenvalue weighted by Gasteiger charge is 2.36. The number of para-hydroxylation sites is 2. The van der Waals surface area contributed by atoms with E-state index >= 15 is 0 Å². The lowest BCUT2D eigenvalue weighted by Gasteiger charge is -2.35. The van der Waals surface area contributed by atoms with Crippen molar-refractivity contribution in [2.45, 2.75) is 75.9 Å². The highest BCUT2D eigenvalue weighted by molar-refractivity contribution is 7.92. The monoisotopic (exact) mass is 735 g/mol. The first-order chi connectivity index (χ1) is 24.1. The number of rotatable bonds is 14. The van der Waals surface area contributed by atoms with Gasteiger partial charge >= 0.3 is 0 Å². The molecule has 0 radical (unpaired) electrons. The number of nitrogens with zero attached hydrogens (tertiary/aromatic N) is 2. The smallest absolute Gasteiger partial charge is 0.264 e. The van der Waals surface area contributed by atoms with Crippen LogP contribution in [-0.4, -0.2) is 50.4 Å². The average Bonchev–Trinajstić information content (AvgIpc) is 3.11. The van der Waals surface area contributed by atoms with Crippen LogP contribution in [-0.2, 0) is 32.6 Å². The molecule has 5 rings (SSSR count). The lowest BCUT2D eigenvalue weighted by atomic mass is 9.94. The minimum absolute atomic E-state index is 0.00654. The molecule has 0 spiro atoms. The van der Waals surface area contributed by atoms with Gasteiger partial charge in [0.25, 0.3) is 10.0 Å². The van der Waals surface area contributed by atoms with Gasteiger partial charge in [0.2, 0.25) is 11.8 Å². The second-order valence-corrected chi connectivity index (χ2v) is 15.2. The number of carbonyl (C=O) groups excluding carboxylic acids is 2. The Morgan fingerprint density at radius 1 is 0.860 bits per heavy atom. The van der Waals surface area contributed by atoms with Crippen LogP contribution >= 0.6 is 23.2 Å². The minimum Gasteiger partial charge on any atom is -0.492 e. The van der Waals surface area contributed by atoms with Crippen molar-refractivity contribution >= 4 is 50.7 Å². The molecule has 0 bridgehead atoms. The summed E-state index contributed by atoms with van der Waals surface area (Å²) >= 11 is 12.7. The van der Waals surface area contributed by atoms with Crippen LogP contribution in [0.3, 0.4) is 0 Å². The van der Waals surface area contributed by atoms with Crippen molar-refractivity contribution in [1.29, 1.82) is 0 Å². The third kappa shape index (κ3) is 9.38. The number of ether oxygens (including phenoxy) is 1. The molecule has 1 fully saturated rings. The Morgan fingerprint density at radius 3 is 2.22 bits per heavy atom. The molecule has 50 heavy (non-hydrogen) atoms. The quantitative estimate of drug-likeness (QED) is 0.142. The van der Waals surface area contributed by atoms with Crippen LogP contribution in [0.2, 0.25) is 10.0 Å². The summed E-state index contributed by atoms with van der Waals surface area (Å²) in [6, 6.07) is 26.8. The Balaban J connectivity index is 1.60. The Morgan fingerprint density at radius 2 is 1.54 bits per heavy atom. The van der Waals surface area contributed by atoms with Crippen molar-refractivity contribution in [3.05, 3.63) is 124 Å². The zero-order chi connectivity index (χ0) is 35.7. The van der Waals surface area contributed by atoms with Crippen molar-refractivity contribution in [1.82, 2.24) is 10.2 Å². The molecular weight excluding hydrogens is 693 g/mol. The number of hydrogen-bond donors (Lipinski definition) is 1. The van der Waals surface area contributed by atoms with E-state index in [0.717, 1.165) is 47.5 Å². The highest BCUT2D eigenvalue weighted by Crippen LogP contribution is 2.33. The summed E-state index contributed by atoms with van der Waals surface area (Å²) in [6.45, 7) is 3.35. The number of sulfonamides is 1. The molecule has 1 aliphatic carbocycles. The van der Waals surface area contributed by atoms with Crippen molar-refractivity contribution < 1.29 is 22.7 Å². The number of anilines is 1. The topological polar surface area (TPSA) is 96.0 Å². The fraction of sp³-hybridized carbons (Fsp3) is 0.333. The van der Waals surface area contributed by atoms with Gasteiger partial charge in [-0.15, -0.1) is 0 Å². The molecule has 1 N–H and O–H groups in total. The summed E-state index contributed by atoms with van der Waals surface area (Å²) < 4.78 is 35.8. The van der Waals surface area contributed by atoms with E-state index in [9.17, 15) is 18.0 Å². The molecule has 0 aliphatic heterocycles. The van der Waals surface area contributed by atoms with Gasteiger partial charge in [-0.05, 0) is 74.2 Å². The van der Waals surface area contributed by atoms with Crippen LogP contribution in [0.4, 0.5) is 5.69 Å². The number of amides is 2. The first-order valence-electron chi connectivity index (χ1n) is 17.0. The maximum absolute atomic E-state index is 14.9. The van der Waals surface area contributed by atoms with Crippen LogP contribution in [0.5, 0.6) is 5.75 Å². The molecule has 1 aliphatic rings. The predicted molar refractivity (Wildman–Crippen MR) is 199 cm³/mol. The van der Waals surface area contributed by atoms with E-state index < -0.39 is 28.5 Å². The van der Waals surface area contributed by atoms with Gasteiger partial charge in [-0.3, -0.25) is 13.9 Å². The van der Waals surface area contributed by atoms with Crippen molar-refractivity contribution in [2.75, 3.05) is 17.5 Å². The molecule has 4 aromatic carbocycles. The third-order valence-corrected chi connectivity index (χ3v) is 11.4. The van der Waals surface area contributed by atoms with Crippen molar-refractivity contribution in [3.63, 3.8) is 0 Å². The molecule has 0 heterocycles. The normalized spacial score (nSPS) is 14.1. The molecule has 0 aromatic heterocycles. The van der Waals surface area contributed by atoms with E-state index in [1.165, 1.54) is 17.0 Å². The predicted octanol–water partition coefficient (Wildman–Crippen LogP) is 7.98. The summed E-state index contributed by atoms with van der Waals surface area (Å²) in [5.41, 5.74) is 2.60. The molecule has 1 saturated carbocycles. The molecular formula is C39H43Cl2N3O5S. The fourth-order valence-electron chi connectivity index (χ4n) is 6.22. The molecule has 1 atom stereocenters. The summed E-state index contributed by atoms with van der Waals surface area (Å²) in [5.74, 6) is -0.556. The summed E-state index contributed by atoms with van der Waals surface area (Å²) in [7, 11) is -4.29. The Kier molecular flexibility index (Phi) is 12.8. The van der Waals surface area contributed by atoms with Gasteiger partial charge in [-0.1, -0.05) is 109 Å². The summed E-state index contributed by atoms with van der Waals surface area (Å²) in [4.78, 5) is 30.7. The summed E-state index contributed by atoms with van der Waals surface area (Å²) in [6.07, 6.45) is 5.10. The van der Waals surface area contributed by atoms with E-state index in [4.69, 9.17) is 27.9 Å². The van der Waals surface area contributed by atoms with E-state index in [1.54, 1.807) is 61.5 Å². The zero-order valence-electron chi connectivity index (χ0n) is 28.4. The van der Waals surface area contributed by atoms with Crippen molar-refractivity contribution in [2.24, 2.45) is 0 Å². The SMILES string of the molecule is CCOc1ccccc1N(CC(=O)N(Cc1ccc(Cl)c(Cl)c1)[C@H](Cc1ccccc1)C(=O)NC1CCCCC1)S(=O)(=O)c1ccc(C)cc1. The number of benzene rings is 4. The van der Waals surface area contributed by atoms with Crippen molar-refractivity contribution in [3.8, 4) is 5.75 Å².